The Bertz CT molecular complexity index is 1340. The number of rotatable bonds is 15. The molecule has 4 aromatic rings. The van der Waals surface area contributed by atoms with Gasteiger partial charge in [0.1, 0.15) is 6.61 Å². The summed E-state index contributed by atoms with van der Waals surface area (Å²) in [6.07, 6.45) is 2.83. The number of carbonyl (C=O) groups excluding carboxylic acids is 1. The predicted octanol–water partition coefficient (Wildman–Crippen LogP) is 4.76. The monoisotopic (exact) mass is 788 g/mol. The summed E-state index contributed by atoms with van der Waals surface area (Å²) in [5.74, 6) is 3.26. The molecule has 2 N–H and O–H groups in total. The normalized spacial score (nSPS) is 12.0. The fourth-order valence-electron chi connectivity index (χ4n) is 4.70. The molecule has 1 heterocycles. The molecule has 52 heavy (non-hydrogen) atoms. The SMILES string of the molecule is CCC(C)(C)O.CCSCCNCCP(c1ccccc1)c1ccccc1.CC[S-].O=C1OCCN1CCP(c1ccccc1)c1ccccc1.[Na+]. The molecule has 0 aromatic heterocycles. The Balaban J connectivity index is 0.000000416. The topological polar surface area (TPSA) is 61.8 Å². The number of benzene rings is 4. The van der Waals surface area contributed by atoms with Gasteiger partial charge in [0.25, 0.3) is 0 Å². The van der Waals surface area contributed by atoms with Gasteiger partial charge in [-0.15, -0.1) is 0 Å². The molecular formula is C42H59N2NaO3P2S2. The molecule has 0 spiro atoms. The maximum absolute atomic E-state index is 11.6. The zero-order valence-electron chi connectivity index (χ0n) is 32.2. The van der Waals surface area contributed by atoms with Crippen LogP contribution in [0.2, 0.25) is 0 Å². The smallest absolute Gasteiger partial charge is 0.793 e. The van der Waals surface area contributed by atoms with Gasteiger partial charge >= 0.3 is 35.7 Å². The predicted molar refractivity (Wildman–Crippen MR) is 231 cm³/mol. The van der Waals surface area contributed by atoms with Gasteiger partial charge in [-0.2, -0.15) is 17.5 Å². The van der Waals surface area contributed by atoms with Crippen molar-refractivity contribution < 1.29 is 44.2 Å². The molecule has 5 nitrogen and oxygen atoms in total. The first-order valence-electron chi connectivity index (χ1n) is 18.0. The fraction of sp³-hybridized carbons (Fsp3) is 0.405. The quantitative estimate of drug-likeness (QED) is 0.0786. The van der Waals surface area contributed by atoms with Crippen LogP contribution in [0.4, 0.5) is 4.79 Å². The average Bonchev–Trinajstić information content (AvgIpc) is 3.57. The van der Waals surface area contributed by atoms with E-state index in [2.05, 4.69) is 134 Å². The summed E-state index contributed by atoms with van der Waals surface area (Å²) in [6.45, 7) is 13.9. The second-order valence-corrected chi connectivity index (χ2v) is 18.8. The van der Waals surface area contributed by atoms with Gasteiger partial charge in [-0.1, -0.05) is 142 Å². The fourth-order valence-corrected chi connectivity index (χ4v) is 9.86. The number of carbonyl (C=O) groups is 1. The van der Waals surface area contributed by atoms with Crippen molar-refractivity contribution in [1.82, 2.24) is 10.2 Å². The molecular weight excluding hydrogens is 730 g/mol. The molecule has 4 aromatic carbocycles. The molecule has 0 bridgehead atoms. The van der Waals surface area contributed by atoms with Crippen LogP contribution in [-0.2, 0) is 17.4 Å². The molecule has 278 valence electrons. The van der Waals surface area contributed by atoms with Crippen molar-refractivity contribution in [3.63, 3.8) is 0 Å². The van der Waals surface area contributed by atoms with E-state index in [1.54, 1.807) is 18.7 Å². The first-order valence-corrected chi connectivity index (χ1v) is 22.8. The third-order valence-corrected chi connectivity index (χ3v) is 13.6. The van der Waals surface area contributed by atoms with Crippen molar-refractivity contribution in [3.8, 4) is 0 Å². The number of cyclic esters (lactones) is 1. The number of thioether (sulfide) groups is 1. The van der Waals surface area contributed by atoms with Gasteiger partial charge in [0.2, 0.25) is 0 Å². The average molecular weight is 789 g/mol. The number of nitrogens with one attached hydrogen (secondary N) is 1. The minimum atomic E-state index is -0.458. The summed E-state index contributed by atoms with van der Waals surface area (Å²) in [5.41, 5.74) is -0.458. The standard InChI is InChI=1S/C18H24NPS.C17H18NO2P.C5H12O.C2H6S.Na/c1-2-21-16-14-19-13-15-20(17-9-5-3-6-10-17)18-11-7-4-8-12-18;19-17-18(11-13-20-17)12-14-21(15-7-3-1-4-8-15)16-9-5-2-6-10-16;1-4-5(2,3)6;1-2-3;/h3-12,19H,2,13-16H2,1H3;1-10H,11-14H2;6H,4H2,1-3H3;3H,2H2,1H3;/q;;;;+1/p-1. The third-order valence-electron chi connectivity index (χ3n) is 7.71. The first-order chi connectivity index (χ1) is 24.7. The van der Waals surface area contributed by atoms with Crippen molar-refractivity contribution in [2.24, 2.45) is 0 Å². The Labute approximate surface area is 349 Å². The molecule has 0 aliphatic carbocycles. The molecule has 0 radical (unpaired) electrons. The molecule has 1 fully saturated rings. The third kappa shape index (κ3) is 20.9. The van der Waals surface area contributed by atoms with E-state index in [1.165, 1.54) is 38.9 Å². The van der Waals surface area contributed by atoms with E-state index in [-0.39, 0.29) is 43.6 Å². The van der Waals surface area contributed by atoms with E-state index < -0.39 is 13.5 Å². The van der Waals surface area contributed by atoms with Gasteiger partial charge in [0, 0.05) is 18.8 Å². The first kappa shape index (κ1) is 48.6. The van der Waals surface area contributed by atoms with Crippen LogP contribution in [0.5, 0.6) is 0 Å². The maximum Gasteiger partial charge on any atom is 1.00 e. The second kappa shape index (κ2) is 29.9. The summed E-state index contributed by atoms with van der Waals surface area (Å²) < 4.78 is 5.00. The molecule has 1 saturated heterocycles. The number of nitrogens with zero attached hydrogens (tertiary/aromatic N) is 1. The van der Waals surface area contributed by atoms with E-state index >= 15 is 0 Å². The zero-order valence-corrected chi connectivity index (χ0v) is 37.7. The van der Waals surface area contributed by atoms with Gasteiger partial charge in [0.15, 0.2) is 0 Å². The van der Waals surface area contributed by atoms with Crippen molar-refractivity contribution in [2.45, 2.75) is 46.6 Å². The zero-order chi connectivity index (χ0) is 37.2. The van der Waals surface area contributed by atoms with Crippen molar-refractivity contribution in [3.05, 3.63) is 121 Å². The van der Waals surface area contributed by atoms with Gasteiger partial charge in [-0.25, -0.2) is 4.79 Å². The minimum Gasteiger partial charge on any atom is -0.793 e. The van der Waals surface area contributed by atoms with Gasteiger partial charge in [-0.05, 0) is 82.0 Å². The van der Waals surface area contributed by atoms with Gasteiger partial charge in [-0.3, -0.25) is 0 Å². The molecule has 0 saturated carbocycles. The maximum atomic E-state index is 11.6. The van der Waals surface area contributed by atoms with Crippen LogP contribution in [0.1, 0.15) is 41.0 Å². The number of ether oxygens (including phenoxy) is 1. The van der Waals surface area contributed by atoms with Crippen LogP contribution >= 0.6 is 27.6 Å². The molecule has 1 aliphatic rings. The van der Waals surface area contributed by atoms with Crippen LogP contribution in [-0.4, -0.2) is 84.1 Å². The van der Waals surface area contributed by atoms with Crippen molar-refractivity contribution in [2.75, 3.05) is 62.4 Å². The summed E-state index contributed by atoms with van der Waals surface area (Å²) in [5, 5.41) is 18.1. The molecule has 1 aliphatic heterocycles. The van der Waals surface area contributed by atoms with Crippen molar-refractivity contribution >= 4 is 67.5 Å². The molecule has 10 heteroatoms. The van der Waals surface area contributed by atoms with E-state index in [9.17, 15) is 4.79 Å². The molecule has 1 amide bonds. The number of amides is 1. The van der Waals surface area contributed by atoms with Crippen LogP contribution < -0.4 is 56.1 Å². The summed E-state index contributed by atoms with van der Waals surface area (Å²) in [7, 11) is -0.680. The Morgan fingerprint density at radius 1 is 0.750 bits per heavy atom. The van der Waals surface area contributed by atoms with E-state index in [1.807, 2.05) is 37.7 Å². The Morgan fingerprint density at radius 2 is 1.13 bits per heavy atom. The Morgan fingerprint density at radius 3 is 1.46 bits per heavy atom. The summed E-state index contributed by atoms with van der Waals surface area (Å²) >= 11 is 6.40. The van der Waals surface area contributed by atoms with Crippen LogP contribution in [0, 0.1) is 0 Å². The van der Waals surface area contributed by atoms with Crippen LogP contribution in [0.3, 0.4) is 0 Å². The van der Waals surface area contributed by atoms with E-state index in [4.69, 9.17) is 9.84 Å². The van der Waals surface area contributed by atoms with Gasteiger partial charge < -0.3 is 32.7 Å². The Kier molecular flexibility index (Phi) is 28.0. The molecule has 0 atom stereocenters. The number of hydrogen-bond acceptors (Lipinski definition) is 6. The minimum absolute atomic E-state index is 0. The summed E-state index contributed by atoms with van der Waals surface area (Å²) in [6, 6.07) is 43.0. The largest absolute Gasteiger partial charge is 1.00 e. The number of hydrogen-bond donors (Lipinski definition) is 2. The second-order valence-electron chi connectivity index (χ2n) is 12.1. The van der Waals surface area contributed by atoms with Crippen LogP contribution in [0.15, 0.2) is 121 Å². The van der Waals surface area contributed by atoms with Gasteiger partial charge in [0.05, 0.1) is 12.1 Å². The molecule has 0 unspecified atom stereocenters. The Hall–Kier alpha value is -1.37. The molecule has 5 rings (SSSR count). The summed E-state index contributed by atoms with van der Waals surface area (Å²) in [4.78, 5) is 13.4. The van der Waals surface area contributed by atoms with Crippen LogP contribution in [0.25, 0.3) is 0 Å². The van der Waals surface area contributed by atoms with E-state index in [0.29, 0.717) is 13.2 Å². The van der Waals surface area contributed by atoms with Crippen molar-refractivity contribution in [1.29, 1.82) is 0 Å². The van der Waals surface area contributed by atoms with E-state index in [0.717, 1.165) is 38.0 Å². The number of aliphatic hydroxyl groups is 1.